The normalized spacial score (nSPS) is 14.8. The van der Waals surface area contributed by atoms with Gasteiger partial charge in [0, 0.05) is 52.9 Å². The Balaban J connectivity index is 1.50. The lowest BCUT2D eigenvalue weighted by Gasteiger charge is -2.37. The third kappa shape index (κ3) is 4.63. The fraction of sp³-hybridized carbons (Fsp3) is 0.500. The first kappa shape index (κ1) is 20.9. The fourth-order valence-corrected chi connectivity index (χ4v) is 3.62. The second-order valence-electron chi connectivity index (χ2n) is 7.20. The van der Waals surface area contributed by atoms with Gasteiger partial charge in [0.2, 0.25) is 0 Å². The summed E-state index contributed by atoms with van der Waals surface area (Å²) in [5.41, 5.74) is 0.129. The molecule has 0 amide bonds. The predicted molar refractivity (Wildman–Crippen MR) is 114 cm³/mol. The van der Waals surface area contributed by atoms with E-state index in [0.29, 0.717) is 6.42 Å². The van der Waals surface area contributed by atoms with Crippen LogP contribution in [-0.4, -0.2) is 60.4 Å². The number of hydroxylamine groups is 1. The molecule has 0 bridgehead atoms. The van der Waals surface area contributed by atoms with Gasteiger partial charge in [-0.05, 0) is 25.1 Å². The summed E-state index contributed by atoms with van der Waals surface area (Å²) in [6.07, 6.45) is 0.654. The summed E-state index contributed by atoms with van der Waals surface area (Å²) in [5.74, 6) is 0.974. The molecule has 0 spiro atoms. The van der Waals surface area contributed by atoms with Crippen LogP contribution in [0.4, 0.5) is 11.5 Å². The lowest BCUT2D eigenvalue weighted by molar-refractivity contribution is 0.255. The number of piperazine rings is 1. The lowest BCUT2D eigenvalue weighted by atomic mass is 10.2. The first-order chi connectivity index (χ1) is 13.9. The van der Waals surface area contributed by atoms with E-state index in [1.807, 2.05) is 18.2 Å². The highest BCUT2D eigenvalue weighted by molar-refractivity contribution is 5.58. The maximum Gasteiger partial charge on any atom is 0.332 e. The van der Waals surface area contributed by atoms with Gasteiger partial charge in [-0.3, -0.25) is 18.8 Å². The Bertz CT molecular complexity index is 947. The zero-order chi connectivity index (χ0) is 21.0. The predicted octanol–water partition coefficient (Wildman–Crippen LogP) is 0.609. The topological polar surface area (TPSA) is 86.0 Å². The molecule has 0 aliphatic carbocycles. The van der Waals surface area contributed by atoms with Crippen LogP contribution in [0.15, 0.2) is 39.9 Å². The smallest absolute Gasteiger partial charge is 0.332 e. The summed E-state index contributed by atoms with van der Waals surface area (Å²) in [6.45, 7) is 4.61. The highest BCUT2D eigenvalue weighted by Gasteiger charge is 2.19. The number of methoxy groups -OCH3 is 1. The van der Waals surface area contributed by atoms with E-state index in [4.69, 9.17) is 4.74 Å². The minimum absolute atomic E-state index is 0.0964. The molecule has 158 valence electrons. The molecule has 3 rings (SSSR count). The van der Waals surface area contributed by atoms with E-state index in [1.165, 1.54) is 24.7 Å². The van der Waals surface area contributed by atoms with Gasteiger partial charge in [-0.2, -0.15) is 0 Å². The van der Waals surface area contributed by atoms with Crippen LogP contribution < -0.4 is 25.9 Å². The quantitative estimate of drug-likeness (QED) is 0.627. The number of benzene rings is 1. The van der Waals surface area contributed by atoms with Crippen molar-refractivity contribution in [3.63, 3.8) is 0 Å². The van der Waals surface area contributed by atoms with Crippen molar-refractivity contribution in [3.05, 3.63) is 56.4 Å². The van der Waals surface area contributed by atoms with Crippen LogP contribution in [0.5, 0.6) is 5.75 Å². The Morgan fingerprint density at radius 3 is 2.45 bits per heavy atom. The van der Waals surface area contributed by atoms with E-state index < -0.39 is 11.2 Å². The van der Waals surface area contributed by atoms with Crippen LogP contribution in [-0.2, 0) is 14.1 Å². The molecular formula is C20H28N5O4-. The van der Waals surface area contributed by atoms with E-state index in [1.54, 1.807) is 7.11 Å². The van der Waals surface area contributed by atoms with E-state index in [0.717, 1.165) is 53.8 Å². The van der Waals surface area contributed by atoms with Gasteiger partial charge in [0.05, 0.1) is 12.8 Å². The fourth-order valence-electron chi connectivity index (χ4n) is 3.62. The third-order valence-electron chi connectivity index (χ3n) is 5.39. The van der Waals surface area contributed by atoms with Crippen molar-refractivity contribution in [2.75, 3.05) is 56.3 Å². The van der Waals surface area contributed by atoms with Gasteiger partial charge in [0.1, 0.15) is 11.6 Å². The number of nitrogens with zero attached hydrogens (tertiary/aromatic N) is 5. The van der Waals surface area contributed by atoms with E-state index in [-0.39, 0.29) is 12.4 Å². The zero-order valence-corrected chi connectivity index (χ0v) is 17.2. The highest BCUT2D eigenvalue weighted by Crippen LogP contribution is 2.28. The lowest BCUT2D eigenvalue weighted by Crippen LogP contribution is -2.47. The molecule has 2 aromatic rings. The van der Waals surface area contributed by atoms with Crippen LogP contribution in [0, 0.1) is 5.21 Å². The Kier molecular flexibility index (Phi) is 6.60. The Morgan fingerprint density at radius 2 is 1.76 bits per heavy atom. The SMILES string of the molecule is COc1ccccc1N1CCN(CCCN([O-])c2cc(=O)n(C)c(=O)n2C)CC1. The first-order valence-corrected chi connectivity index (χ1v) is 9.74. The molecule has 0 atom stereocenters. The maximum atomic E-state index is 12.4. The standard InChI is InChI=1S/C20H28N5O4/c1-21-18(15-19(26)22(2)20(21)27)25(28)10-6-9-23-11-13-24(14-12-23)16-7-4-5-8-17(16)29-3/h4-5,7-8,15H,6,9-14H2,1-3H3/q-1. The Hall–Kier alpha value is -2.78. The van der Waals surface area contributed by atoms with Crippen molar-refractivity contribution in [2.45, 2.75) is 6.42 Å². The second kappa shape index (κ2) is 9.15. The molecule has 0 N–H and O–H groups in total. The summed E-state index contributed by atoms with van der Waals surface area (Å²) < 4.78 is 7.64. The summed E-state index contributed by atoms with van der Waals surface area (Å²) in [6, 6.07) is 9.22. The van der Waals surface area contributed by atoms with Crippen LogP contribution in [0.25, 0.3) is 0 Å². The summed E-state index contributed by atoms with van der Waals surface area (Å²) in [5, 5.41) is 13.1. The molecule has 0 unspecified atom stereocenters. The minimum atomic E-state index is -0.499. The molecule has 29 heavy (non-hydrogen) atoms. The number of hydrogen-bond acceptors (Lipinski definition) is 7. The van der Waals surface area contributed by atoms with Crippen molar-refractivity contribution in [3.8, 4) is 5.75 Å². The van der Waals surface area contributed by atoms with Crippen LogP contribution in [0.2, 0.25) is 0 Å². The largest absolute Gasteiger partial charge is 0.757 e. The summed E-state index contributed by atoms with van der Waals surface area (Å²) in [4.78, 5) is 28.4. The number of ether oxygens (including phenoxy) is 1. The molecule has 1 saturated heterocycles. The molecule has 9 nitrogen and oxygen atoms in total. The molecule has 2 heterocycles. The highest BCUT2D eigenvalue weighted by atomic mass is 16.5. The van der Waals surface area contributed by atoms with Crippen LogP contribution in [0.1, 0.15) is 6.42 Å². The van der Waals surface area contributed by atoms with Crippen molar-refractivity contribution in [1.29, 1.82) is 0 Å². The molecule has 1 aromatic heterocycles. The number of hydrogen-bond donors (Lipinski definition) is 0. The van der Waals surface area contributed by atoms with Gasteiger partial charge >= 0.3 is 5.69 Å². The molecule has 1 aliphatic heterocycles. The van der Waals surface area contributed by atoms with Crippen LogP contribution in [0.3, 0.4) is 0 Å². The van der Waals surface area contributed by atoms with Gasteiger partial charge in [-0.1, -0.05) is 12.1 Å². The average Bonchev–Trinajstić information content (AvgIpc) is 2.75. The Labute approximate surface area is 169 Å². The maximum absolute atomic E-state index is 12.4. The van der Waals surface area contributed by atoms with E-state index in [9.17, 15) is 14.8 Å². The van der Waals surface area contributed by atoms with Gasteiger partial charge in [-0.15, -0.1) is 0 Å². The van der Waals surface area contributed by atoms with Crippen molar-refractivity contribution in [2.24, 2.45) is 14.1 Å². The monoisotopic (exact) mass is 402 g/mol. The van der Waals surface area contributed by atoms with Crippen molar-refractivity contribution in [1.82, 2.24) is 14.0 Å². The number of aromatic nitrogens is 2. The van der Waals surface area contributed by atoms with E-state index in [2.05, 4.69) is 15.9 Å². The van der Waals surface area contributed by atoms with Crippen molar-refractivity contribution < 1.29 is 4.74 Å². The molecule has 9 heteroatoms. The van der Waals surface area contributed by atoms with Crippen molar-refractivity contribution >= 4 is 11.5 Å². The summed E-state index contributed by atoms with van der Waals surface area (Å²) in [7, 11) is 4.58. The van der Waals surface area contributed by atoms with Gasteiger partial charge in [0.25, 0.3) is 5.56 Å². The van der Waals surface area contributed by atoms with Gasteiger partial charge < -0.3 is 19.9 Å². The molecular weight excluding hydrogens is 374 g/mol. The van der Waals surface area contributed by atoms with Gasteiger partial charge in [-0.25, -0.2) is 4.79 Å². The van der Waals surface area contributed by atoms with Gasteiger partial charge in [0.15, 0.2) is 0 Å². The van der Waals surface area contributed by atoms with E-state index >= 15 is 0 Å². The number of para-hydroxylation sites is 2. The first-order valence-electron chi connectivity index (χ1n) is 9.74. The Morgan fingerprint density at radius 1 is 1.07 bits per heavy atom. The van der Waals surface area contributed by atoms with Crippen LogP contribution >= 0.6 is 0 Å². The summed E-state index contributed by atoms with van der Waals surface area (Å²) >= 11 is 0. The second-order valence-corrected chi connectivity index (χ2v) is 7.20. The molecule has 0 radical (unpaired) electrons. The molecule has 1 fully saturated rings. The third-order valence-corrected chi connectivity index (χ3v) is 5.39. The number of anilines is 2. The molecule has 1 aliphatic rings. The minimum Gasteiger partial charge on any atom is -0.757 e. The average molecular weight is 402 g/mol. The zero-order valence-electron chi connectivity index (χ0n) is 17.2. The molecule has 0 saturated carbocycles. The number of rotatable bonds is 7. The molecule has 1 aromatic carbocycles.